The fourth-order valence-corrected chi connectivity index (χ4v) is 10.3. The molecule has 332 valence electrons. The SMILES string of the molecule is CC[C@H]1OC(=O)[C@H](C)C(=O)[C@H](C)[C@@H](O[C@@H]2O[C@H](C)C[C@H](N(C)C)[C@H]2O)[C@@](C)(OC)C[C@@H](C)C2=[N+]([O-])CN(CCCc3ncc(-c4ccccc4)[nH]3)N3C(=O)O[C@@]1(C)[C@H]3[C@H]2C. The number of nitrogens with zero attached hydrogens (tertiary/aromatic N) is 5. The maximum absolute atomic E-state index is 14.7. The normalized spacial score (nSPS) is 37.2. The monoisotopic (exact) mass is 838 g/mol. The maximum Gasteiger partial charge on any atom is 0.425 e. The molecule has 0 aliphatic carbocycles. The molecule has 3 saturated heterocycles. The molecule has 16 heteroatoms. The Hall–Kier alpha value is -3.93. The number of aliphatic hydroxyl groups is 1. The van der Waals surface area contributed by atoms with Gasteiger partial charge in [-0.2, -0.15) is 9.75 Å². The number of cyclic esters (lactones) is 1. The molecule has 1 aromatic carbocycles. The summed E-state index contributed by atoms with van der Waals surface area (Å²) in [6.07, 6.45) is -1.13. The van der Waals surface area contributed by atoms with E-state index in [0.717, 1.165) is 21.8 Å². The topological polar surface area (TPSA) is 182 Å². The number of hydrogen-bond acceptors (Lipinski definition) is 13. The zero-order valence-corrected chi connectivity index (χ0v) is 37.1. The highest BCUT2D eigenvalue weighted by Crippen LogP contribution is 2.45. The second-order valence-corrected chi connectivity index (χ2v) is 18.0. The Bertz CT molecular complexity index is 1880. The Morgan fingerprint density at radius 2 is 1.78 bits per heavy atom. The molecule has 0 radical (unpaired) electrons. The fourth-order valence-electron chi connectivity index (χ4n) is 10.3. The van der Waals surface area contributed by atoms with Crippen molar-refractivity contribution in [3.63, 3.8) is 0 Å². The molecule has 2 N–H and O–H groups in total. The number of nitrogens with one attached hydrogen (secondary N) is 1. The van der Waals surface area contributed by atoms with Gasteiger partial charge in [-0.3, -0.25) is 9.59 Å². The van der Waals surface area contributed by atoms with Crippen molar-refractivity contribution in [2.75, 3.05) is 34.4 Å². The van der Waals surface area contributed by atoms with Crippen LogP contribution in [0.1, 0.15) is 86.9 Å². The van der Waals surface area contributed by atoms with E-state index in [2.05, 4.69) is 9.97 Å². The van der Waals surface area contributed by atoms with Crippen molar-refractivity contribution in [3.8, 4) is 11.3 Å². The number of aryl methyl sites for hydroxylation is 1. The molecular weight excluding hydrogens is 773 g/mol. The summed E-state index contributed by atoms with van der Waals surface area (Å²) in [7, 11) is 5.29. The van der Waals surface area contributed by atoms with E-state index in [9.17, 15) is 24.7 Å². The first-order valence-electron chi connectivity index (χ1n) is 21.5. The van der Waals surface area contributed by atoms with Gasteiger partial charge in [-0.1, -0.05) is 58.0 Å². The van der Waals surface area contributed by atoms with E-state index in [0.29, 0.717) is 31.5 Å². The molecule has 3 fully saturated rings. The van der Waals surface area contributed by atoms with Gasteiger partial charge < -0.3 is 43.9 Å². The van der Waals surface area contributed by atoms with Gasteiger partial charge in [0, 0.05) is 38.0 Å². The fraction of sp³-hybridized carbons (Fsp3) is 0.705. The third-order valence-electron chi connectivity index (χ3n) is 13.5. The maximum atomic E-state index is 14.7. The number of Topliss-reactive ketones (excluding diaryl/α,β-unsaturated/α-hetero) is 1. The van der Waals surface area contributed by atoms with Crippen LogP contribution in [0.3, 0.4) is 0 Å². The van der Waals surface area contributed by atoms with Crippen LogP contribution in [0.4, 0.5) is 4.79 Å². The number of rotatable bonds is 10. The third kappa shape index (κ3) is 8.73. The molecule has 0 unspecified atom stereocenters. The lowest BCUT2D eigenvalue weighted by Gasteiger charge is -2.47. The molecule has 1 amide bonds. The molecule has 4 aliphatic heterocycles. The molecule has 60 heavy (non-hydrogen) atoms. The Labute approximate surface area is 354 Å². The number of amides is 1. The van der Waals surface area contributed by atoms with Gasteiger partial charge in [0.15, 0.2) is 23.4 Å². The number of ether oxygens (including phenoxy) is 5. The average Bonchev–Trinajstić information content (AvgIpc) is 3.76. The number of aromatic amines is 1. The highest BCUT2D eigenvalue weighted by molar-refractivity contribution is 6.00. The minimum absolute atomic E-state index is 0.169. The molecule has 4 aliphatic rings. The second kappa shape index (κ2) is 18.2. The van der Waals surface area contributed by atoms with Gasteiger partial charge in [-0.05, 0) is 73.0 Å². The van der Waals surface area contributed by atoms with Gasteiger partial charge >= 0.3 is 12.1 Å². The number of imidazole rings is 1. The number of esters is 1. The molecule has 0 saturated carbocycles. The van der Waals surface area contributed by atoms with Gasteiger partial charge in [-0.15, -0.1) is 0 Å². The number of hydrogen-bond donors (Lipinski definition) is 2. The first-order valence-corrected chi connectivity index (χ1v) is 21.5. The minimum atomic E-state index is -1.40. The van der Waals surface area contributed by atoms with Crippen LogP contribution in [-0.2, 0) is 39.7 Å². The predicted octanol–water partition coefficient (Wildman–Crippen LogP) is 4.78. The number of carbonyl (C=O) groups excluding carboxylic acids is 3. The van der Waals surface area contributed by atoms with Crippen molar-refractivity contribution in [2.45, 2.75) is 141 Å². The van der Waals surface area contributed by atoms with Gasteiger partial charge in [0.05, 0.1) is 35.6 Å². The van der Waals surface area contributed by atoms with Gasteiger partial charge in [0.1, 0.15) is 30.0 Å². The number of aliphatic hydroxyl groups excluding tert-OH is 1. The number of hydroxylamine groups is 1. The lowest BCUT2D eigenvalue weighted by Crippen LogP contribution is -2.61. The molecule has 5 heterocycles. The van der Waals surface area contributed by atoms with Gasteiger partial charge in [0.25, 0.3) is 0 Å². The third-order valence-corrected chi connectivity index (χ3v) is 13.5. The number of fused-ring (bicyclic) bond motifs is 1. The summed E-state index contributed by atoms with van der Waals surface area (Å²) >= 11 is 0. The van der Waals surface area contributed by atoms with Crippen LogP contribution in [0.15, 0.2) is 36.5 Å². The Kier molecular flexibility index (Phi) is 13.8. The first kappa shape index (κ1) is 45.6. The van der Waals surface area contributed by atoms with E-state index in [1.165, 1.54) is 19.0 Å². The number of H-pyrrole nitrogens is 1. The van der Waals surface area contributed by atoms with E-state index in [1.807, 2.05) is 83.9 Å². The van der Waals surface area contributed by atoms with Crippen molar-refractivity contribution in [3.05, 3.63) is 47.6 Å². The van der Waals surface area contributed by atoms with Crippen molar-refractivity contribution < 1.29 is 47.9 Å². The van der Waals surface area contributed by atoms with Crippen LogP contribution in [0.25, 0.3) is 11.3 Å². The summed E-state index contributed by atoms with van der Waals surface area (Å²) in [6.45, 7) is 14.5. The predicted molar refractivity (Wildman–Crippen MR) is 222 cm³/mol. The molecule has 16 nitrogen and oxygen atoms in total. The van der Waals surface area contributed by atoms with Crippen LogP contribution in [0.2, 0.25) is 0 Å². The molecule has 2 bridgehead atoms. The average molecular weight is 839 g/mol. The number of likely N-dealkylation sites (N-methyl/N-ethyl adjacent to an activating group) is 1. The summed E-state index contributed by atoms with van der Waals surface area (Å²) in [4.78, 5) is 52.6. The van der Waals surface area contributed by atoms with Crippen molar-refractivity contribution in [2.24, 2.45) is 23.7 Å². The summed E-state index contributed by atoms with van der Waals surface area (Å²) < 4.78 is 32.6. The van der Waals surface area contributed by atoms with Gasteiger partial charge in [-0.25, -0.2) is 14.8 Å². The highest BCUT2D eigenvalue weighted by atomic mass is 16.7. The van der Waals surface area contributed by atoms with Crippen molar-refractivity contribution in [1.29, 1.82) is 0 Å². The smallest absolute Gasteiger partial charge is 0.425 e. The van der Waals surface area contributed by atoms with Crippen LogP contribution in [0.5, 0.6) is 0 Å². The summed E-state index contributed by atoms with van der Waals surface area (Å²) in [5, 5.41) is 29.5. The molecule has 2 aromatic rings. The molecule has 1 aromatic heterocycles. The zero-order valence-electron chi connectivity index (χ0n) is 37.1. The van der Waals surface area contributed by atoms with Crippen LogP contribution in [0, 0.1) is 28.9 Å². The number of methoxy groups -OCH3 is 1. The number of hydrazine groups is 1. The summed E-state index contributed by atoms with van der Waals surface area (Å²) in [6, 6.07) is 8.86. The van der Waals surface area contributed by atoms with E-state index in [1.54, 1.807) is 25.1 Å². The molecule has 6 rings (SSSR count). The second-order valence-electron chi connectivity index (χ2n) is 18.0. The summed E-state index contributed by atoms with van der Waals surface area (Å²) in [5.41, 5.74) is -0.240. The standard InChI is InChI=1S/C44H66N6O10/c1-12-33-44(8)38-27(4)35(49(55)24-48(50(38)42(54)60-44)20-16-19-34-45-23-31(46-34)30-17-14-13-15-18-30)25(2)22-43(7,56-11)39(28(5)36(51)29(6)40(53)58-33)59-41-37(52)32(47(9)10)21-26(3)57-41/h13-15,17-18,23,25-29,32-33,37-39,41,52H,12,16,19-22,24H2,1-11H3,(H,45,46)/t25-,26-,27+,28+,29-,32+,33-,37-,38-,39-,41+,43+,44-/m1/s1. The van der Waals surface area contributed by atoms with Crippen molar-refractivity contribution in [1.82, 2.24) is 24.9 Å². The number of carbonyl (C=O) groups is 3. The highest BCUT2D eigenvalue weighted by Gasteiger charge is 2.64. The van der Waals surface area contributed by atoms with Crippen LogP contribution < -0.4 is 0 Å². The number of ketones is 1. The zero-order chi connectivity index (χ0) is 43.8. The lowest BCUT2D eigenvalue weighted by atomic mass is 9.73. The van der Waals surface area contributed by atoms with Crippen LogP contribution >= 0.6 is 0 Å². The Balaban J connectivity index is 1.38. The van der Waals surface area contributed by atoms with Gasteiger partial charge in [0.2, 0.25) is 6.67 Å². The molecular formula is C44H66N6O10. The van der Waals surface area contributed by atoms with E-state index in [4.69, 9.17) is 23.7 Å². The number of benzene rings is 1. The summed E-state index contributed by atoms with van der Waals surface area (Å²) in [5.74, 6) is -3.69. The number of aromatic nitrogens is 2. The molecule has 0 spiro atoms. The van der Waals surface area contributed by atoms with E-state index >= 15 is 0 Å². The first-order chi connectivity index (χ1) is 28.3. The quantitative estimate of drug-likeness (QED) is 0.145. The minimum Gasteiger partial charge on any atom is -0.623 e. The van der Waals surface area contributed by atoms with Crippen molar-refractivity contribution >= 4 is 23.6 Å². The Morgan fingerprint density at radius 3 is 2.43 bits per heavy atom. The largest absolute Gasteiger partial charge is 0.623 e. The van der Waals surface area contributed by atoms with E-state index < -0.39 is 83.4 Å². The lowest BCUT2D eigenvalue weighted by molar-refractivity contribution is -0.494. The van der Waals surface area contributed by atoms with Crippen LogP contribution in [-0.4, -0.2) is 147 Å². The molecule has 13 atom stereocenters. The Morgan fingerprint density at radius 1 is 1.08 bits per heavy atom. The van der Waals surface area contributed by atoms with E-state index in [-0.39, 0.29) is 31.7 Å².